The number of rotatable bonds is 5. The van der Waals surface area contributed by atoms with Crippen molar-refractivity contribution >= 4 is 5.84 Å². The second-order valence-electron chi connectivity index (χ2n) is 4.64. The van der Waals surface area contributed by atoms with Crippen molar-refractivity contribution in [3.05, 3.63) is 28.8 Å². The minimum absolute atomic E-state index is 0.120. The van der Waals surface area contributed by atoms with Crippen LogP contribution in [0.4, 0.5) is 0 Å². The quantitative estimate of drug-likeness (QED) is 0.365. The summed E-state index contributed by atoms with van der Waals surface area (Å²) in [5.74, 6) is 1.01. The highest BCUT2D eigenvalue weighted by Crippen LogP contribution is 2.26. The normalized spacial score (nSPS) is 13.4. The SMILES string of the molecule is CCCC(C)Oc1c(C)cc(C(N)=NO)cc1C. The van der Waals surface area contributed by atoms with Crippen LogP contribution in [-0.2, 0) is 0 Å². The zero-order chi connectivity index (χ0) is 13.7. The average Bonchev–Trinajstić information content (AvgIpc) is 2.32. The molecule has 4 nitrogen and oxygen atoms in total. The number of amidine groups is 1. The Morgan fingerprint density at radius 2 is 1.94 bits per heavy atom. The number of ether oxygens (including phenoxy) is 1. The summed E-state index contributed by atoms with van der Waals surface area (Å²) in [6, 6.07) is 3.74. The number of hydrogen-bond acceptors (Lipinski definition) is 3. The molecule has 0 saturated carbocycles. The molecule has 0 amide bonds. The molecule has 0 fully saturated rings. The lowest BCUT2D eigenvalue weighted by Gasteiger charge is -2.18. The van der Waals surface area contributed by atoms with Crippen LogP contribution in [0.5, 0.6) is 5.75 Å². The van der Waals surface area contributed by atoms with Gasteiger partial charge in [-0.3, -0.25) is 0 Å². The van der Waals surface area contributed by atoms with E-state index in [1.807, 2.05) is 26.0 Å². The molecule has 18 heavy (non-hydrogen) atoms. The average molecular weight is 250 g/mol. The van der Waals surface area contributed by atoms with Gasteiger partial charge in [0.1, 0.15) is 5.75 Å². The van der Waals surface area contributed by atoms with Crippen molar-refractivity contribution in [3.8, 4) is 5.75 Å². The van der Waals surface area contributed by atoms with Crippen LogP contribution in [0.3, 0.4) is 0 Å². The molecule has 1 rings (SSSR count). The van der Waals surface area contributed by atoms with Crippen LogP contribution in [0, 0.1) is 13.8 Å². The molecule has 0 aliphatic heterocycles. The van der Waals surface area contributed by atoms with Crippen molar-refractivity contribution in [2.45, 2.75) is 46.6 Å². The van der Waals surface area contributed by atoms with Gasteiger partial charge in [-0.25, -0.2) is 0 Å². The summed E-state index contributed by atoms with van der Waals surface area (Å²) in [4.78, 5) is 0. The van der Waals surface area contributed by atoms with E-state index in [1.165, 1.54) is 0 Å². The van der Waals surface area contributed by atoms with Crippen LogP contribution >= 0.6 is 0 Å². The first kappa shape index (κ1) is 14.4. The van der Waals surface area contributed by atoms with E-state index in [0.717, 1.165) is 29.7 Å². The van der Waals surface area contributed by atoms with Crippen LogP contribution in [0.1, 0.15) is 43.4 Å². The Labute approximate surface area is 108 Å². The molecule has 3 N–H and O–H groups in total. The van der Waals surface area contributed by atoms with E-state index in [0.29, 0.717) is 5.56 Å². The third-order valence-corrected chi connectivity index (χ3v) is 2.88. The van der Waals surface area contributed by atoms with Gasteiger partial charge in [-0.1, -0.05) is 18.5 Å². The van der Waals surface area contributed by atoms with Crippen LogP contribution in [-0.4, -0.2) is 17.1 Å². The van der Waals surface area contributed by atoms with E-state index in [2.05, 4.69) is 19.0 Å². The Hall–Kier alpha value is -1.71. The fourth-order valence-corrected chi connectivity index (χ4v) is 2.01. The van der Waals surface area contributed by atoms with Crippen molar-refractivity contribution in [2.24, 2.45) is 10.9 Å². The largest absolute Gasteiger partial charge is 0.490 e. The summed E-state index contributed by atoms with van der Waals surface area (Å²) in [7, 11) is 0. The van der Waals surface area contributed by atoms with E-state index in [9.17, 15) is 0 Å². The van der Waals surface area contributed by atoms with Gasteiger partial charge in [-0.05, 0) is 50.5 Å². The lowest BCUT2D eigenvalue weighted by molar-refractivity contribution is 0.207. The van der Waals surface area contributed by atoms with Gasteiger partial charge >= 0.3 is 0 Å². The molecule has 0 aliphatic carbocycles. The molecule has 0 bridgehead atoms. The van der Waals surface area contributed by atoms with Crippen LogP contribution in [0.15, 0.2) is 17.3 Å². The maximum atomic E-state index is 8.69. The fraction of sp³-hybridized carbons (Fsp3) is 0.500. The molecular weight excluding hydrogens is 228 g/mol. The van der Waals surface area contributed by atoms with Crippen molar-refractivity contribution in [1.29, 1.82) is 0 Å². The van der Waals surface area contributed by atoms with Crippen LogP contribution in [0.25, 0.3) is 0 Å². The second-order valence-corrected chi connectivity index (χ2v) is 4.64. The zero-order valence-electron chi connectivity index (χ0n) is 11.5. The highest BCUT2D eigenvalue weighted by molar-refractivity contribution is 5.97. The van der Waals surface area contributed by atoms with Gasteiger partial charge in [0, 0.05) is 5.56 Å². The molecule has 0 spiro atoms. The first-order chi connectivity index (χ1) is 8.49. The lowest BCUT2D eigenvalue weighted by atomic mass is 10.0. The Morgan fingerprint density at radius 3 is 2.39 bits per heavy atom. The molecule has 1 unspecified atom stereocenters. The molecule has 100 valence electrons. The molecule has 0 aliphatic rings. The van der Waals surface area contributed by atoms with Crippen molar-refractivity contribution in [2.75, 3.05) is 0 Å². The van der Waals surface area contributed by atoms with E-state index in [-0.39, 0.29) is 11.9 Å². The third kappa shape index (κ3) is 3.39. The van der Waals surface area contributed by atoms with Gasteiger partial charge in [-0.2, -0.15) is 0 Å². The highest BCUT2D eigenvalue weighted by atomic mass is 16.5. The number of oxime groups is 1. The zero-order valence-corrected chi connectivity index (χ0v) is 11.5. The lowest BCUT2D eigenvalue weighted by Crippen LogP contribution is -2.16. The maximum absolute atomic E-state index is 8.69. The predicted octanol–water partition coefficient (Wildman–Crippen LogP) is 2.97. The Balaban J connectivity index is 3.01. The summed E-state index contributed by atoms with van der Waals surface area (Å²) in [5, 5.41) is 11.7. The molecular formula is C14H22N2O2. The number of nitrogens with two attached hydrogens (primary N) is 1. The fourth-order valence-electron chi connectivity index (χ4n) is 2.01. The summed E-state index contributed by atoms with van der Waals surface area (Å²) in [5.41, 5.74) is 8.30. The van der Waals surface area contributed by atoms with E-state index in [4.69, 9.17) is 15.7 Å². The van der Waals surface area contributed by atoms with Gasteiger partial charge in [0.2, 0.25) is 0 Å². The van der Waals surface area contributed by atoms with E-state index < -0.39 is 0 Å². The summed E-state index contributed by atoms with van der Waals surface area (Å²) in [6.45, 7) is 8.14. The number of aryl methyl sites for hydroxylation is 2. The molecule has 1 aromatic carbocycles. The topological polar surface area (TPSA) is 67.8 Å². The summed E-state index contributed by atoms with van der Waals surface area (Å²) < 4.78 is 5.94. The van der Waals surface area contributed by atoms with Gasteiger partial charge in [0.25, 0.3) is 0 Å². The standard InChI is InChI=1S/C14H22N2O2/c1-5-6-11(4)18-13-9(2)7-12(8-10(13)3)14(15)16-17/h7-8,11,17H,5-6H2,1-4H3,(H2,15,16). The molecule has 0 saturated heterocycles. The molecule has 0 radical (unpaired) electrons. The maximum Gasteiger partial charge on any atom is 0.170 e. The van der Waals surface area contributed by atoms with Gasteiger partial charge in [0.15, 0.2) is 5.84 Å². The number of hydrogen-bond donors (Lipinski definition) is 2. The van der Waals surface area contributed by atoms with E-state index >= 15 is 0 Å². The minimum atomic E-state index is 0.120. The third-order valence-electron chi connectivity index (χ3n) is 2.88. The molecule has 0 aromatic heterocycles. The summed E-state index contributed by atoms with van der Waals surface area (Å²) in [6.07, 6.45) is 2.32. The minimum Gasteiger partial charge on any atom is -0.490 e. The van der Waals surface area contributed by atoms with Crippen molar-refractivity contribution in [3.63, 3.8) is 0 Å². The number of nitrogens with zero attached hydrogens (tertiary/aromatic N) is 1. The molecule has 1 atom stereocenters. The predicted molar refractivity (Wildman–Crippen MR) is 73.4 cm³/mol. The second kappa shape index (κ2) is 6.28. The van der Waals surface area contributed by atoms with Crippen LogP contribution in [0.2, 0.25) is 0 Å². The summed E-state index contributed by atoms with van der Waals surface area (Å²) >= 11 is 0. The first-order valence-electron chi connectivity index (χ1n) is 6.25. The van der Waals surface area contributed by atoms with Crippen molar-refractivity contribution in [1.82, 2.24) is 0 Å². The van der Waals surface area contributed by atoms with Crippen LogP contribution < -0.4 is 10.5 Å². The smallest absolute Gasteiger partial charge is 0.170 e. The molecule has 0 heterocycles. The van der Waals surface area contributed by atoms with Gasteiger partial charge < -0.3 is 15.7 Å². The van der Waals surface area contributed by atoms with Gasteiger partial charge in [0.05, 0.1) is 6.10 Å². The van der Waals surface area contributed by atoms with Crippen molar-refractivity contribution < 1.29 is 9.94 Å². The van der Waals surface area contributed by atoms with Gasteiger partial charge in [-0.15, -0.1) is 0 Å². The highest BCUT2D eigenvalue weighted by Gasteiger charge is 2.11. The Kier molecular flexibility index (Phi) is 5.01. The number of benzene rings is 1. The Bertz CT molecular complexity index is 418. The molecule has 4 heteroatoms. The molecule has 1 aromatic rings. The Morgan fingerprint density at radius 1 is 1.39 bits per heavy atom. The first-order valence-corrected chi connectivity index (χ1v) is 6.25. The monoisotopic (exact) mass is 250 g/mol. The van der Waals surface area contributed by atoms with E-state index in [1.54, 1.807) is 0 Å².